The van der Waals surface area contributed by atoms with Crippen molar-refractivity contribution >= 4 is 28.7 Å². The van der Waals surface area contributed by atoms with Crippen molar-refractivity contribution in [2.24, 2.45) is 4.99 Å². The zero-order chi connectivity index (χ0) is 18.1. The number of anilines is 1. The maximum absolute atomic E-state index is 10.6. The van der Waals surface area contributed by atoms with Gasteiger partial charge in [-0.05, 0) is 6.92 Å². The summed E-state index contributed by atoms with van der Waals surface area (Å²) >= 11 is 0. The topological polar surface area (TPSA) is 145 Å². The Bertz CT molecular complexity index is 720. The normalized spacial score (nSPS) is 10.3. The Morgan fingerprint density at radius 1 is 1.17 bits per heavy atom. The number of hydrogen-bond acceptors (Lipinski definition) is 7. The second kappa shape index (κ2) is 8.86. The summed E-state index contributed by atoms with van der Waals surface area (Å²) in [4.78, 5) is 23.9. The molecule has 0 aliphatic carbocycles. The minimum atomic E-state index is -1.29. The molecule has 126 valence electrons. The Balaban J connectivity index is 0.000000400. The van der Waals surface area contributed by atoms with E-state index in [4.69, 9.17) is 10.3 Å². The van der Waals surface area contributed by atoms with Crippen LogP contribution in [0, 0.1) is 10.1 Å². The predicted molar refractivity (Wildman–Crippen MR) is 87.0 cm³/mol. The first-order valence-corrected chi connectivity index (χ1v) is 6.57. The number of rotatable bonds is 4. The lowest BCUT2D eigenvalue weighted by molar-refractivity contribution is -0.385. The molecule has 2 aromatic rings. The molecule has 2 rings (SSSR count). The number of aliphatic imine (C=N–C) groups is 1. The highest BCUT2D eigenvalue weighted by Gasteiger charge is 2.18. The molecule has 0 atom stereocenters. The number of carboxylic acid groups (broad SMARTS) is 1. The quantitative estimate of drug-likeness (QED) is 0.291. The van der Waals surface area contributed by atoms with Gasteiger partial charge in [0.05, 0.1) is 16.3 Å². The van der Waals surface area contributed by atoms with Gasteiger partial charge in [-0.25, -0.2) is 9.79 Å². The molecule has 0 aromatic heterocycles. The zero-order valence-electron chi connectivity index (χ0n) is 12.6. The Labute approximate surface area is 136 Å². The number of carbonyl (C=O) groups is 1. The van der Waals surface area contributed by atoms with Crippen LogP contribution in [-0.4, -0.2) is 32.0 Å². The maximum atomic E-state index is 10.6. The lowest BCUT2D eigenvalue weighted by Crippen LogP contribution is -2.07. The van der Waals surface area contributed by atoms with Crippen LogP contribution in [0.2, 0.25) is 0 Å². The van der Waals surface area contributed by atoms with Gasteiger partial charge < -0.3 is 10.2 Å². The molecule has 0 spiro atoms. The van der Waals surface area contributed by atoms with E-state index in [1.54, 1.807) is 5.48 Å². The van der Waals surface area contributed by atoms with Crippen molar-refractivity contribution in [3.63, 3.8) is 0 Å². The van der Waals surface area contributed by atoms with Gasteiger partial charge in [-0.3, -0.25) is 20.8 Å². The molecule has 0 heterocycles. The number of nitrogens with zero attached hydrogens (tertiary/aromatic N) is 2. The molecule has 0 radical (unpaired) electrons. The van der Waals surface area contributed by atoms with Crippen LogP contribution >= 0.6 is 0 Å². The maximum Gasteiger partial charge on any atom is 0.349 e. The van der Waals surface area contributed by atoms with Gasteiger partial charge in [-0.15, -0.1) is 0 Å². The minimum Gasteiger partial charge on any atom is -0.502 e. The number of hydrogen-bond donors (Lipinski definition) is 4. The monoisotopic (exact) mass is 333 g/mol. The van der Waals surface area contributed by atoms with Gasteiger partial charge in [-0.1, -0.05) is 36.4 Å². The fourth-order valence-electron chi connectivity index (χ4n) is 1.51. The highest BCUT2D eigenvalue weighted by atomic mass is 16.6. The molecule has 0 saturated carbocycles. The third kappa shape index (κ3) is 5.39. The standard InChI is InChI=1S/C9H9N3O6.C6H6/c1-4(9(14)15)10-5-3-8(13)7(12(17)18)2-6(5)11-16;1-2-4-6-5-3-1/h2-3,11,13,16H,1H3,(H,14,15);1-6H. The Hall–Kier alpha value is -3.46. The SMILES string of the molecule is CC(=Nc1cc(O)c([N+](=O)[O-])cc1NO)C(=O)O.c1ccccc1. The van der Waals surface area contributed by atoms with E-state index in [1.165, 1.54) is 6.92 Å². The summed E-state index contributed by atoms with van der Waals surface area (Å²) in [5.41, 5.74) is 0.368. The number of phenolic OH excluding ortho intramolecular Hbond substituents is 1. The summed E-state index contributed by atoms with van der Waals surface area (Å²) in [5, 5.41) is 37.3. The molecule has 2 aromatic carbocycles. The highest BCUT2D eigenvalue weighted by Crippen LogP contribution is 2.36. The number of nitro benzene ring substituents is 1. The van der Waals surface area contributed by atoms with Crippen LogP contribution in [0.3, 0.4) is 0 Å². The van der Waals surface area contributed by atoms with Crippen molar-refractivity contribution in [1.82, 2.24) is 0 Å². The smallest absolute Gasteiger partial charge is 0.349 e. The first kappa shape index (κ1) is 18.6. The Morgan fingerprint density at radius 3 is 2.04 bits per heavy atom. The van der Waals surface area contributed by atoms with E-state index in [0.717, 1.165) is 12.1 Å². The zero-order valence-corrected chi connectivity index (χ0v) is 12.6. The van der Waals surface area contributed by atoms with Crippen LogP contribution in [-0.2, 0) is 4.79 Å². The molecule has 9 heteroatoms. The molecular formula is C15H15N3O6. The van der Waals surface area contributed by atoms with Gasteiger partial charge in [0.25, 0.3) is 0 Å². The van der Waals surface area contributed by atoms with Crippen molar-refractivity contribution in [3.05, 3.63) is 58.6 Å². The lowest BCUT2D eigenvalue weighted by Gasteiger charge is -2.05. The van der Waals surface area contributed by atoms with Crippen molar-refractivity contribution in [2.75, 3.05) is 5.48 Å². The van der Waals surface area contributed by atoms with Crippen LogP contribution in [0.5, 0.6) is 5.75 Å². The van der Waals surface area contributed by atoms with E-state index < -0.39 is 22.3 Å². The number of nitrogens with one attached hydrogen (secondary N) is 1. The van der Waals surface area contributed by atoms with E-state index in [0.29, 0.717) is 0 Å². The van der Waals surface area contributed by atoms with Crippen LogP contribution < -0.4 is 5.48 Å². The average molecular weight is 333 g/mol. The first-order chi connectivity index (χ1) is 11.4. The largest absolute Gasteiger partial charge is 0.502 e. The minimum absolute atomic E-state index is 0.138. The van der Waals surface area contributed by atoms with Gasteiger partial charge >= 0.3 is 11.7 Å². The number of benzene rings is 2. The van der Waals surface area contributed by atoms with E-state index in [9.17, 15) is 20.0 Å². The first-order valence-electron chi connectivity index (χ1n) is 6.57. The number of nitro groups is 1. The van der Waals surface area contributed by atoms with E-state index in [2.05, 4.69) is 4.99 Å². The van der Waals surface area contributed by atoms with Gasteiger partial charge in [0.1, 0.15) is 5.71 Å². The molecule has 24 heavy (non-hydrogen) atoms. The summed E-state index contributed by atoms with van der Waals surface area (Å²) in [5.74, 6) is -1.98. The lowest BCUT2D eigenvalue weighted by atomic mass is 10.2. The molecule has 4 N–H and O–H groups in total. The van der Waals surface area contributed by atoms with Crippen LogP contribution in [0.15, 0.2) is 53.5 Å². The van der Waals surface area contributed by atoms with Crippen LogP contribution in [0.4, 0.5) is 17.1 Å². The van der Waals surface area contributed by atoms with Gasteiger partial charge in [-0.2, -0.15) is 0 Å². The second-order valence-corrected chi connectivity index (χ2v) is 4.38. The molecule has 0 saturated heterocycles. The highest BCUT2D eigenvalue weighted by molar-refractivity contribution is 6.35. The summed E-state index contributed by atoms with van der Waals surface area (Å²) in [6.45, 7) is 1.20. The van der Waals surface area contributed by atoms with Crippen molar-refractivity contribution < 1.29 is 25.1 Å². The second-order valence-electron chi connectivity index (χ2n) is 4.38. The molecule has 0 fully saturated rings. The van der Waals surface area contributed by atoms with E-state index in [1.807, 2.05) is 36.4 Å². The summed E-state index contributed by atoms with van der Waals surface area (Å²) in [6, 6.07) is 13.7. The molecule has 0 aliphatic heterocycles. The van der Waals surface area contributed by atoms with Gasteiger partial charge in [0.15, 0.2) is 5.75 Å². The molecular weight excluding hydrogens is 318 g/mol. The molecule has 0 aliphatic rings. The average Bonchev–Trinajstić information content (AvgIpc) is 2.56. The van der Waals surface area contributed by atoms with Crippen molar-refractivity contribution in [1.29, 1.82) is 0 Å². The van der Waals surface area contributed by atoms with Crippen molar-refractivity contribution in [3.8, 4) is 5.75 Å². The number of phenols is 1. The summed E-state index contributed by atoms with van der Waals surface area (Å²) in [7, 11) is 0. The van der Waals surface area contributed by atoms with E-state index in [-0.39, 0.29) is 17.1 Å². The fraction of sp³-hybridized carbons (Fsp3) is 0.0667. The predicted octanol–water partition coefficient (Wildman–Crippen LogP) is 2.97. The van der Waals surface area contributed by atoms with Crippen molar-refractivity contribution in [2.45, 2.75) is 6.92 Å². The summed E-state index contributed by atoms with van der Waals surface area (Å²) in [6.07, 6.45) is 0. The Morgan fingerprint density at radius 2 is 1.67 bits per heavy atom. The molecule has 0 unspecified atom stereocenters. The summed E-state index contributed by atoms with van der Waals surface area (Å²) < 4.78 is 0. The molecule has 0 bridgehead atoms. The third-order valence-corrected chi connectivity index (χ3v) is 2.67. The van der Waals surface area contributed by atoms with Crippen LogP contribution in [0.25, 0.3) is 0 Å². The number of aliphatic carboxylic acids is 1. The van der Waals surface area contributed by atoms with Crippen LogP contribution in [0.1, 0.15) is 6.92 Å². The third-order valence-electron chi connectivity index (χ3n) is 2.67. The Kier molecular flexibility index (Phi) is 6.86. The fourth-order valence-corrected chi connectivity index (χ4v) is 1.51. The molecule has 0 amide bonds. The number of carboxylic acids is 1. The number of aromatic hydroxyl groups is 1. The van der Waals surface area contributed by atoms with E-state index >= 15 is 0 Å². The molecule has 9 nitrogen and oxygen atoms in total. The van der Waals surface area contributed by atoms with Gasteiger partial charge in [0, 0.05) is 12.1 Å². The van der Waals surface area contributed by atoms with Gasteiger partial charge in [0.2, 0.25) is 0 Å².